The summed E-state index contributed by atoms with van der Waals surface area (Å²) in [6, 6.07) is 9.53. The molecule has 18 heavy (non-hydrogen) atoms. The summed E-state index contributed by atoms with van der Waals surface area (Å²) in [5.41, 5.74) is 8.35. The lowest BCUT2D eigenvalue weighted by Gasteiger charge is -2.08. The molecule has 2 rings (SSSR count). The van der Waals surface area contributed by atoms with Crippen LogP contribution >= 0.6 is 0 Å². The normalized spacial score (nSPS) is 12.6. The Morgan fingerprint density at radius 1 is 1.33 bits per heavy atom. The van der Waals surface area contributed by atoms with Crippen molar-refractivity contribution in [2.45, 2.75) is 32.4 Å². The van der Waals surface area contributed by atoms with Crippen LogP contribution in [0.25, 0.3) is 0 Å². The maximum atomic E-state index is 9.43. The topological polar surface area (TPSA) is 51.2 Å². The van der Waals surface area contributed by atoms with Crippen LogP contribution in [0.4, 0.5) is 0 Å². The molecule has 3 nitrogen and oxygen atoms in total. The van der Waals surface area contributed by atoms with Crippen LogP contribution in [0.5, 0.6) is 5.75 Å². The van der Waals surface area contributed by atoms with Crippen molar-refractivity contribution in [2.75, 3.05) is 0 Å². The molecule has 0 bridgehead atoms. The zero-order chi connectivity index (χ0) is 13.0. The third kappa shape index (κ3) is 3.14. The number of nitrogens with two attached hydrogens (primary N) is 1. The molecule has 1 atom stereocenters. The average molecular weight is 244 g/mol. The zero-order valence-corrected chi connectivity index (χ0v) is 10.7. The number of phenolic OH excluding ortho intramolecular Hbond substituents is 1. The van der Waals surface area contributed by atoms with Crippen LogP contribution in [0.2, 0.25) is 0 Å². The first-order valence-electron chi connectivity index (χ1n) is 6.38. The minimum Gasteiger partial charge on any atom is -0.508 e. The summed E-state index contributed by atoms with van der Waals surface area (Å²) < 4.78 is 2.10. The summed E-state index contributed by atoms with van der Waals surface area (Å²) >= 11 is 0. The van der Waals surface area contributed by atoms with E-state index in [2.05, 4.69) is 23.8 Å². The Hall–Kier alpha value is -1.74. The highest BCUT2D eigenvalue weighted by atomic mass is 16.3. The molecular weight excluding hydrogens is 224 g/mol. The lowest BCUT2D eigenvalue weighted by Crippen LogP contribution is -2.08. The third-order valence-electron chi connectivity index (χ3n) is 3.08. The molecule has 3 N–H and O–H groups in total. The van der Waals surface area contributed by atoms with Gasteiger partial charge in [0.05, 0.1) is 0 Å². The standard InChI is InChI=1S/C15H20N2O/c1-2-4-15(16)13-7-8-17(11-13)10-12-5-3-6-14(18)9-12/h3,5-9,11,15,18H,2,4,10,16H2,1H3. The Balaban J connectivity index is 2.06. The first-order valence-corrected chi connectivity index (χ1v) is 6.38. The summed E-state index contributed by atoms with van der Waals surface area (Å²) in [7, 11) is 0. The minimum atomic E-state index is 0.125. The van der Waals surface area contributed by atoms with E-state index in [0.29, 0.717) is 5.75 Å². The number of rotatable bonds is 5. The third-order valence-corrected chi connectivity index (χ3v) is 3.08. The quantitative estimate of drug-likeness (QED) is 0.849. The summed E-state index contributed by atoms with van der Waals surface area (Å²) in [6.45, 7) is 2.90. The van der Waals surface area contributed by atoms with Crippen molar-refractivity contribution in [3.05, 3.63) is 53.9 Å². The van der Waals surface area contributed by atoms with Gasteiger partial charge < -0.3 is 15.4 Å². The molecule has 0 radical (unpaired) electrons. The molecule has 0 spiro atoms. The van der Waals surface area contributed by atoms with Gasteiger partial charge >= 0.3 is 0 Å². The van der Waals surface area contributed by atoms with E-state index < -0.39 is 0 Å². The number of aromatic hydroxyl groups is 1. The van der Waals surface area contributed by atoms with Crippen LogP contribution < -0.4 is 5.73 Å². The van der Waals surface area contributed by atoms with Gasteiger partial charge in [0, 0.05) is 25.0 Å². The summed E-state index contributed by atoms with van der Waals surface area (Å²) in [4.78, 5) is 0. The second-order valence-electron chi connectivity index (χ2n) is 4.68. The van der Waals surface area contributed by atoms with E-state index in [0.717, 1.165) is 24.9 Å². The molecule has 96 valence electrons. The predicted octanol–water partition coefficient (Wildman–Crippen LogP) is 3.04. The van der Waals surface area contributed by atoms with Gasteiger partial charge in [0.25, 0.3) is 0 Å². The van der Waals surface area contributed by atoms with Gasteiger partial charge in [-0.05, 0) is 35.7 Å². The molecule has 0 aliphatic rings. The summed E-state index contributed by atoms with van der Waals surface area (Å²) in [5.74, 6) is 0.308. The van der Waals surface area contributed by atoms with E-state index >= 15 is 0 Å². The van der Waals surface area contributed by atoms with Crippen LogP contribution in [-0.2, 0) is 6.54 Å². The largest absolute Gasteiger partial charge is 0.508 e. The lowest BCUT2D eigenvalue weighted by atomic mass is 10.1. The summed E-state index contributed by atoms with van der Waals surface area (Å²) in [6.07, 6.45) is 6.23. The van der Waals surface area contributed by atoms with Gasteiger partial charge in [0.15, 0.2) is 0 Å². The van der Waals surface area contributed by atoms with Gasteiger partial charge in [-0.25, -0.2) is 0 Å². The Bertz CT molecular complexity index is 505. The Morgan fingerprint density at radius 3 is 2.89 bits per heavy atom. The molecule has 0 aliphatic carbocycles. The number of hydrogen-bond acceptors (Lipinski definition) is 2. The molecule has 0 amide bonds. The van der Waals surface area contributed by atoms with Gasteiger partial charge in [-0.15, -0.1) is 0 Å². The van der Waals surface area contributed by atoms with Gasteiger partial charge in [0.2, 0.25) is 0 Å². The first-order chi connectivity index (χ1) is 8.69. The molecule has 0 saturated heterocycles. The van der Waals surface area contributed by atoms with E-state index in [1.54, 1.807) is 12.1 Å². The fraction of sp³-hybridized carbons (Fsp3) is 0.333. The maximum Gasteiger partial charge on any atom is 0.115 e. The van der Waals surface area contributed by atoms with Gasteiger partial charge in [-0.1, -0.05) is 25.5 Å². The Labute approximate surface area is 108 Å². The highest BCUT2D eigenvalue weighted by molar-refractivity contribution is 5.27. The number of phenols is 1. The van der Waals surface area contributed by atoms with Crippen LogP contribution in [0.15, 0.2) is 42.7 Å². The number of hydrogen-bond donors (Lipinski definition) is 2. The molecule has 2 aromatic rings. The zero-order valence-electron chi connectivity index (χ0n) is 10.7. The van der Waals surface area contributed by atoms with Crippen molar-refractivity contribution in [2.24, 2.45) is 5.73 Å². The lowest BCUT2D eigenvalue weighted by molar-refractivity contribution is 0.474. The van der Waals surface area contributed by atoms with Crippen molar-refractivity contribution in [1.82, 2.24) is 4.57 Å². The number of nitrogens with zero attached hydrogens (tertiary/aromatic N) is 1. The second kappa shape index (κ2) is 5.74. The molecule has 1 unspecified atom stereocenters. The molecular formula is C15H20N2O. The van der Waals surface area contributed by atoms with Crippen molar-refractivity contribution in [3.8, 4) is 5.75 Å². The van der Waals surface area contributed by atoms with Crippen LogP contribution in [-0.4, -0.2) is 9.67 Å². The molecule has 0 aliphatic heterocycles. The van der Waals surface area contributed by atoms with Crippen LogP contribution in [0.1, 0.15) is 36.9 Å². The van der Waals surface area contributed by atoms with Crippen molar-refractivity contribution in [3.63, 3.8) is 0 Å². The minimum absolute atomic E-state index is 0.125. The molecule has 3 heteroatoms. The average Bonchev–Trinajstić information content (AvgIpc) is 2.78. The van der Waals surface area contributed by atoms with E-state index in [4.69, 9.17) is 5.73 Å². The van der Waals surface area contributed by atoms with Crippen molar-refractivity contribution < 1.29 is 5.11 Å². The molecule has 1 aromatic heterocycles. The molecule has 1 heterocycles. The molecule has 1 aromatic carbocycles. The summed E-state index contributed by atoms with van der Waals surface area (Å²) in [5, 5.41) is 9.43. The van der Waals surface area contributed by atoms with Crippen molar-refractivity contribution in [1.29, 1.82) is 0 Å². The second-order valence-corrected chi connectivity index (χ2v) is 4.68. The molecule has 0 fully saturated rings. The van der Waals surface area contributed by atoms with Crippen molar-refractivity contribution >= 4 is 0 Å². The van der Waals surface area contributed by atoms with E-state index in [1.807, 2.05) is 18.3 Å². The highest BCUT2D eigenvalue weighted by Crippen LogP contribution is 2.17. The van der Waals surface area contributed by atoms with Crippen LogP contribution in [0, 0.1) is 0 Å². The first kappa shape index (κ1) is 12.7. The Morgan fingerprint density at radius 2 is 2.17 bits per heavy atom. The maximum absolute atomic E-state index is 9.43. The van der Waals surface area contributed by atoms with E-state index in [-0.39, 0.29) is 6.04 Å². The predicted molar refractivity (Wildman–Crippen MR) is 73.5 cm³/mol. The van der Waals surface area contributed by atoms with Gasteiger partial charge in [0.1, 0.15) is 5.75 Å². The fourth-order valence-corrected chi connectivity index (χ4v) is 2.12. The molecule has 0 saturated carbocycles. The fourth-order valence-electron chi connectivity index (χ4n) is 2.12. The highest BCUT2D eigenvalue weighted by Gasteiger charge is 2.06. The number of aromatic nitrogens is 1. The number of benzene rings is 1. The Kier molecular flexibility index (Phi) is 4.05. The van der Waals surface area contributed by atoms with Crippen LogP contribution in [0.3, 0.4) is 0 Å². The monoisotopic (exact) mass is 244 g/mol. The van der Waals surface area contributed by atoms with E-state index in [9.17, 15) is 5.11 Å². The smallest absolute Gasteiger partial charge is 0.115 e. The van der Waals surface area contributed by atoms with Gasteiger partial charge in [-0.2, -0.15) is 0 Å². The SMILES string of the molecule is CCCC(N)c1ccn(Cc2cccc(O)c2)c1. The van der Waals surface area contributed by atoms with Gasteiger partial charge in [-0.3, -0.25) is 0 Å². The van der Waals surface area contributed by atoms with E-state index in [1.165, 1.54) is 5.56 Å².